The maximum atomic E-state index is 13.2. The van der Waals surface area contributed by atoms with Crippen LogP contribution in [0.5, 0.6) is 0 Å². The Hall–Kier alpha value is -2.88. The summed E-state index contributed by atoms with van der Waals surface area (Å²) in [7, 11) is 0. The molecule has 152 valence electrons. The molecule has 0 aromatic heterocycles. The van der Waals surface area contributed by atoms with Crippen LogP contribution in [0.2, 0.25) is 0 Å². The molecule has 0 spiro atoms. The SMILES string of the molecule is C=CCNC(=O)[C@]1(Cc2ccccc2-c2cccc(C)c2)CCN(C(=O)CC)C1. The third-order valence-electron chi connectivity index (χ3n) is 5.77. The third-order valence-corrected chi connectivity index (χ3v) is 5.77. The summed E-state index contributed by atoms with van der Waals surface area (Å²) in [4.78, 5) is 27.3. The molecule has 0 bridgehead atoms. The van der Waals surface area contributed by atoms with E-state index in [2.05, 4.69) is 55.2 Å². The average Bonchev–Trinajstić information content (AvgIpc) is 3.17. The van der Waals surface area contributed by atoms with Crippen molar-refractivity contribution >= 4 is 11.8 Å². The second-order valence-electron chi connectivity index (χ2n) is 7.90. The Kier molecular flexibility index (Phi) is 6.53. The van der Waals surface area contributed by atoms with Crippen LogP contribution < -0.4 is 5.32 Å². The van der Waals surface area contributed by atoms with Gasteiger partial charge in [-0.2, -0.15) is 0 Å². The van der Waals surface area contributed by atoms with Gasteiger partial charge in [-0.3, -0.25) is 9.59 Å². The largest absolute Gasteiger partial charge is 0.352 e. The predicted molar refractivity (Wildman–Crippen MR) is 117 cm³/mol. The molecule has 0 saturated carbocycles. The zero-order valence-electron chi connectivity index (χ0n) is 17.4. The Balaban J connectivity index is 1.96. The number of nitrogens with one attached hydrogen (secondary N) is 1. The molecule has 1 aliphatic rings. The molecule has 1 fully saturated rings. The van der Waals surface area contributed by atoms with Crippen LogP contribution in [0.3, 0.4) is 0 Å². The number of benzene rings is 2. The number of rotatable bonds is 7. The number of hydrogen-bond donors (Lipinski definition) is 1. The van der Waals surface area contributed by atoms with E-state index < -0.39 is 5.41 Å². The Morgan fingerprint density at radius 1 is 1.21 bits per heavy atom. The molecule has 4 nitrogen and oxygen atoms in total. The smallest absolute Gasteiger partial charge is 0.228 e. The molecule has 29 heavy (non-hydrogen) atoms. The van der Waals surface area contributed by atoms with E-state index in [9.17, 15) is 9.59 Å². The molecule has 1 heterocycles. The van der Waals surface area contributed by atoms with Crippen LogP contribution in [0.4, 0.5) is 0 Å². The quantitative estimate of drug-likeness (QED) is 0.723. The standard InChI is InChI=1S/C25H30N2O2/c1-4-14-26-24(29)25(13-15-27(18-25)23(28)5-2)17-21-10-6-7-12-22(21)20-11-8-9-19(3)16-20/h4,6-12,16H,1,5,13-15,17-18H2,2-3H3,(H,26,29)/t25-/m0/s1. The van der Waals surface area contributed by atoms with E-state index in [1.54, 1.807) is 6.08 Å². The summed E-state index contributed by atoms with van der Waals surface area (Å²) < 4.78 is 0. The van der Waals surface area contributed by atoms with E-state index in [4.69, 9.17) is 0 Å². The molecule has 0 aliphatic carbocycles. The number of carbonyl (C=O) groups excluding carboxylic acids is 2. The summed E-state index contributed by atoms with van der Waals surface area (Å²) >= 11 is 0. The first-order chi connectivity index (χ1) is 14.0. The van der Waals surface area contributed by atoms with Crippen molar-refractivity contribution in [2.75, 3.05) is 19.6 Å². The van der Waals surface area contributed by atoms with Crippen molar-refractivity contribution < 1.29 is 9.59 Å². The van der Waals surface area contributed by atoms with Crippen molar-refractivity contribution in [1.29, 1.82) is 0 Å². The lowest BCUT2D eigenvalue weighted by Crippen LogP contribution is -2.45. The fourth-order valence-electron chi connectivity index (χ4n) is 4.20. The van der Waals surface area contributed by atoms with E-state index in [0.29, 0.717) is 38.9 Å². The van der Waals surface area contributed by atoms with Crippen LogP contribution in [-0.2, 0) is 16.0 Å². The van der Waals surface area contributed by atoms with Crippen molar-refractivity contribution in [1.82, 2.24) is 10.2 Å². The Morgan fingerprint density at radius 3 is 2.72 bits per heavy atom. The van der Waals surface area contributed by atoms with Gasteiger partial charge in [0.2, 0.25) is 11.8 Å². The molecule has 0 unspecified atom stereocenters. The molecule has 4 heteroatoms. The third kappa shape index (κ3) is 4.58. The van der Waals surface area contributed by atoms with Crippen LogP contribution in [0.1, 0.15) is 30.9 Å². The predicted octanol–water partition coefficient (Wildman–Crippen LogP) is 4.14. The van der Waals surface area contributed by atoms with Gasteiger partial charge in [0.1, 0.15) is 0 Å². The van der Waals surface area contributed by atoms with Crippen LogP contribution in [0.15, 0.2) is 61.2 Å². The summed E-state index contributed by atoms with van der Waals surface area (Å²) in [6, 6.07) is 16.7. The van der Waals surface area contributed by atoms with Gasteiger partial charge < -0.3 is 10.2 Å². The zero-order chi connectivity index (χ0) is 20.9. The maximum absolute atomic E-state index is 13.2. The van der Waals surface area contributed by atoms with Gasteiger partial charge in [0.05, 0.1) is 5.41 Å². The van der Waals surface area contributed by atoms with Crippen molar-refractivity contribution in [3.63, 3.8) is 0 Å². The molecular formula is C25H30N2O2. The first-order valence-electron chi connectivity index (χ1n) is 10.3. The van der Waals surface area contributed by atoms with E-state index in [1.165, 1.54) is 5.56 Å². The summed E-state index contributed by atoms with van der Waals surface area (Å²) in [5.41, 5.74) is 4.02. The topological polar surface area (TPSA) is 49.4 Å². The highest BCUT2D eigenvalue weighted by Gasteiger charge is 2.45. The molecular weight excluding hydrogens is 360 g/mol. The molecule has 1 atom stereocenters. The summed E-state index contributed by atoms with van der Waals surface area (Å²) in [5.74, 6) is 0.109. The molecule has 3 rings (SSSR count). The fourth-order valence-corrected chi connectivity index (χ4v) is 4.20. The number of hydrogen-bond acceptors (Lipinski definition) is 2. The number of aryl methyl sites for hydroxylation is 1. The minimum Gasteiger partial charge on any atom is -0.352 e. The minimum atomic E-state index is -0.617. The molecule has 2 amide bonds. The van der Waals surface area contributed by atoms with Crippen molar-refractivity contribution in [3.8, 4) is 11.1 Å². The van der Waals surface area contributed by atoms with Crippen molar-refractivity contribution in [2.45, 2.75) is 33.1 Å². The van der Waals surface area contributed by atoms with E-state index >= 15 is 0 Å². The molecule has 1 N–H and O–H groups in total. The molecule has 2 aromatic rings. The first-order valence-corrected chi connectivity index (χ1v) is 10.3. The lowest BCUT2D eigenvalue weighted by molar-refractivity contribution is -0.133. The minimum absolute atomic E-state index is 0.00264. The highest BCUT2D eigenvalue weighted by molar-refractivity contribution is 5.86. The normalized spacial score (nSPS) is 18.5. The van der Waals surface area contributed by atoms with Crippen LogP contribution in [0.25, 0.3) is 11.1 Å². The van der Waals surface area contributed by atoms with Gasteiger partial charge in [-0.15, -0.1) is 6.58 Å². The summed E-state index contributed by atoms with van der Waals surface area (Å²) in [5, 5.41) is 2.99. The Morgan fingerprint density at radius 2 is 2.00 bits per heavy atom. The van der Waals surface area contributed by atoms with Gasteiger partial charge in [0.15, 0.2) is 0 Å². The van der Waals surface area contributed by atoms with Crippen molar-refractivity contribution in [2.24, 2.45) is 5.41 Å². The van der Waals surface area contributed by atoms with Gasteiger partial charge in [-0.25, -0.2) is 0 Å². The van der Waals surface area contributed by atoms with E-state index in [-0.39, 0.29) is 11.8 Å². The Labute approximate surface area is 173 Å². The highest BCUT2D eigenvalue weighted by atomic mass is 16.2. The number of likely N-dealkylation sites (tertiary alicyclic amines) is 1. The van der Waals surface area contributed by atoms with Gasteiger partial charge in [0, 0.05) is 26.1 Å². The van der Waals surface area contributed by atoms with Gasteiger partial charge in [-0.05, 0) is 36.5 Å². The number of nitrogens with zero attached hydrogens (tertiary/aromatic N) is 1. The highest BCUT2D eigenvalue weighted by Crippen LogP contribution is 2.38. The second-order valence-corrected chi connectivity index (χ2v) is 7.90. The van der Waals surface area contributed by atoms with Gasteiger partial charge in [-0.1, -0.05) is 67.1 Å². The van der Waals surface area contributed by atoms with Crippen molar-refractivity contribution in [3.05, 3.63) is 72.3 Å². The maximum Gasteiger partial charge on any atom is 0.228 e. The zero-order valence-corrected chi connectivity index (χ0v) is 17.4. The van der Waals surface area contributed by atoms with Gasteiger partial charge in [0.25, 0.3) is 0 Å². The fraction of sp³-hybridized carbons (Fsp3) is 0.360. The Bertz CT molecular complexity index is 905. The molecule has 1 saturated heterocycles. The summed E-state index contributed by atoms with van der Waals surface area (Å²) in [6.45, 7) is 9.18. The molecule has 0 radical (unpaired) electrons. The lowest BCUT2D eigenvalue weighted by atomic mass is 9.78. The van der Waals surface area contributed by atoms with E-state index in [1.807, 2.05) is 24.0 Å². The molecule has 2 aromatic carbocycles. The second kappa shape index (κ2) is 9.08. The first kappa shape index (κ1) is 20.8. The molecule has 1 aliphatic heterocycles. The van der Waals surface area contributed by atoms with Crippen LogP contribution in [0, 0.1) is 12.3 Å². The van der Waals surface area contributed by atoms with Crippen LogP contribution >= 0.6 is 0 Å². The average molecular weight is 391 g/mol. The lowest BCUT2D eigenvalue weighted by Gasteiger charge is -2.29. The van der Waals surface area contributed by atoms with Gasteiger partial charge >= 0.3 is 0 Å². The van der Waals surface area contributed by atoms with E-state index in [0.717, 1.165) is 16.7 Å². The van der Waals surface area contributed by atoms with Crippen LogP contribution in [-0.4, -0.2) is 36.3 Å². The monoisotopic (exact) mass is 390 g/mol. The number of carbonyl (C=O) groups is 2. The number of amides is 2. The summed E-state index contributed by atoms with van der Waals surface area (Å²) in [6.07, 6.45) is 3.43.